The molecule has 0 bridgehead atoms. The zero-order valence-corrected chi connectivity index (χ0v) is 13.2. The lowest BCUT2D eigenvalue weighted by molar-refractivity contribution is -0.117. The molecule has 0 radical (unpaired) electrons. The summed E-state index contributed by atoms with van der Waals surface area (Å²) in [5, 5.41) is 0.489. The number of pyridine rings is 1. The Morgan fingerprint density at radius 1 is 1.35 bits per heavy atom. The second-order valence-corrected chi connectivity index (χ2v) is 5.80. The van der Waals surface area contributed by atoms with Gasteiger partial charge in [-0.2, -0.15) is 0 Å². The SMILES string of the molecule is NC(=O)O[C@@H]1CC(=O)N(c2cc(Cl)cc(N3CCOCC3)n2)C1. The van der Waals surface area contributed by atoms with Crippen molar-refractivity contribution < 1.29 is 19.1 Å². The number of morpholine rings is 1. The van der Waals surface area contributed by atoms with Gasteiger partial charge in [0.15, 0.2) is 0 Å². The maximum Gasteiger partial charge on any atom is 0.404 e. The first kappa shape index (κ1) is 15.8. The van der Waals surface area contributed by atoms with E-state index in [4.69, 9.17) is 26.8 Å². The maximum atomic E-state index is 12.1. The Balaban J connectivity index is 1.80. The fourth-order valence-electron chi connectivity index (χ4n) is 2.70. The van der Waals surface area contributed by atoms with Crippen molar-refractivity contribution in [2.75, 3.05) is 42.6 Å². The molecule has 2 aliphatic heterocycles. The minimum absolute atomic E-state index is 0.0873. The summed E-state index contributed by atoms with van der Waals surface area (Å²) in [6.07, 6.45) is -1.37. The second-order valence-electron chi connectivity index (χ2n) is 5.37. The van der Waals surface area contributed by atoms with Gasteiger partial charge in [0.2, 0.25) is 5.91 Å². The number of rotatable bonds is 3. The number of aromatic nitrogens is 1. The van der Waals surface area contributed by atoms with Gasteiger partial charge in [-0.05, 0) is 12.1 Å². The molecule has 0 spiro atoms. The molecule has 8 nitrogen and oxygen atoms in total. The number of hydrogen-bond acceptors (Lipinski definition) is 6. The number of nitrogens with zero attached hydrogens (tertiary/aromatic N) is 3. The molecule has 1 aromatic heterocycles. The van der Waals surface area contributed by atoms with Gasteiger partial charge >= 0.3 is 6.09 Å². The third kappa shape index (κ3) is 3.65. The molecule has 2 aliphatic rings. The highest BCUT2D eigenvalue weighted by atomic mass is 35.5. The molecule has 2 saturated heterocycles. The topological polar surface area (TPSA) is 98.0 Å². The zero-order chi connectivity index (χ0) is 16.4. The van der Waals surface area contributed by atoms with Crippen molar-refractivity contribution in [3.63, 3.8) is 0 Å². The molecule has 23 heavy (non-hydrogen) atoms. The Morgan fingerprint density at radius 2 is 2.04 bits per heavy atom. The summed E-state index contributed by atoms with van der Waals surface area (Å²) in [5.41, 5.74) is 5.00. The van der Waals surface area contributed by atoms with Gasteiger partial charge in [-0.1, -0.05) is 11.6 Å². The molecule has 2 amide bonds. The molecule has 0 saturated carbocycles. The Labute approximate surface area is 138 Å². The van der Waals surface area contributed by atoms with Crippen LogP contribution in [0.4, 0.5) is 16.4 Å². The van der Waals surface area contributed by atoms with Crippen molar-refractivity contribution in [1.82, 2.24) is 4.98 Å². The van der Waals surface area contributed by atoms with E-state index in [0.29, 0.717) is 43.0 Å². The number of ether oxygens (including phenoxy) is 2. The van der Waals surface area contributed by atoms with E-state index < -0.39 is 12.2 Å². The van der Waals surface area contributed by atoms with Crippen LogP contribution in [0.5, 0.6) is 0 Å². The molecular weight excluding hydrogens is 324 g/mol. The number of amides is 2. The summed E-state index contributed by atoms with van der Waals surface area (Å²) >= 11 is 6.17. The van der Waals surface area contributed by atoms with Crippen molar-refractivity contribution >= 4 is 35.2 Å². The number of primary amides is 1. The van der Waals surface area contributed by atoms with Gasteiger partial charge in [0.05, 0.1) is 26.2 Å². The first-order valence-corrected chi connectivity index (χ1v) is 7.67. The predicted molar refractivity (Wildman–Crippen MR) is 83.7 cm³/mol. The number of carbonyl (C=O) groups excluding carboxylic acids is 2. The Hall–Kier alpha value is -2.06. The number of halogens is 1. The smallest absolute Gasteiger partial charge is 0.404 e. The van der Waals surface area contributed by atoms with Crippen molar-refractivity contribution in [1.29, 1.82) is 0 Å². The quantitative estimate of drug-likeness (QED) is 0.872. The highest BCUT2D eigenvalue weighted by molar-refractivity contribution is 6.31. The molecule has 124 valence electrons. The maximum absolute atomic E-state index is 12.1. The van der Waals surface area contributed by atoms with Crippen molar-refractivity contribution in [3.05, 3.63) is 17.2 Å². The molecule has 2 fully saturated rings. The minimum atomic E-state index is -0.891. The van der Waals surface area contributed by atoms with Crippen LogP contribution in [0.15, 0.2) is 12.1 Å². The fourth-order valence-corrected chi connectivity index (χ4v) is 2.90. The second kappa shape index (κ2) is 6.59. The van der Waals surface area contributed by atoms with Crippen LogP contribution in [-0.2, 0) is 14.3 Å². The van der Waals surface area contributed by atoms with E-state index in [1.165, 1.54) is 4.90 Å². The van der Waals surface area contributed by atoms with E-state index in [2.05, 4.69) is 9.88 Å². The molecule has 3 heterocycles. The van der Waals surface area contributed by atoms with Gasteiger partial charge in [-0.25, -0.2) is 9.78 Å². The zero-order valence-electron chi connectivity index (χ0n) is 12.4. The predicted octanol–water partition coefficient (Wildman–Crippen LogP) is 0.772. The van der Waals surface area contributed by atoms with Crippen LogP contribution in [0, 0.1) is 0 Å². The number of carbonyl (C=O) groups is 2. The molecule has 0 unspecified atom stereocenters. The van der Waals surface area contributed by atoms with E-state index in [1.807, 2.05) is 0 Å². The summed E-state index contributed by atoms with van der Waals surface area (Å²) in [4.78, 5) is 31.0. The molecule has 0 aliphatic carbocycles. The van der Waals surface area contributed by atoms with Gasteiger partial charge in [0.25, 0.3) is 0 Å². The van der Waals surface area contributed by atoms with Crippen molar-refractivity contribution in [2.24, 2.45) is 5.73 Å². The average Bonchev–Trinajstić information content (AvgIpc) is 2.87. The normalized spacial score (nSPS) is 21.6. The van der Waals surface area contributed by atoms with Crippen LogP contribution >= 0.6 is 11.6 Å². The van der Waals surface area contributed by atoms with Crippen LogP contribution in [0.3, 0.4) is 0 Å². The largest absolute Gasteiger partial charge is 0.444 e. The van der Waals surface area contributed by atoms with E-state index in [1.54, 1.807) is 12.1 Å². The highest BCUT2D eigenvalue weighted by Gasteiger charge is 2.34. The van der Waals surface area contributed by atoms with Gasteiger partial charge in [-0.15, -0.1) is 0 Å². The van der Waals surface area contributed by atoms with E-state index >= 15 is 0 Å². The lowest BCUT2D eigenvalue weighted by Crippen LogP contribution is -2.37. The van der Waals surface area contributed by atoms with Gasteiger partial charge in [0, 0.05) is 18.1 Å². The van der Waals surface area contributed by atoms with E-state index in [0.717, 1.165) is 0 Å². The van der Waals surface area contributed by atoms with Crippen LogP contribution in [0.25, 0.3) is 0 Å². The summed E-state index contributed by atoms with van der Waals surface area (Å²) in [5.74, 6) is 0.960. The minimum Gasteiger partial charge on any atom is -0.444 e. The van der Waals surface area contributed by atoms with Crippen molar-refractivity contribution in [2.45, 2.75) is 12.5 Å². The standard InChI is InChI=1S/C14H17ClN4O4/c15-9-5-11(18-1-3-22-4-2-18)17-12(6-9)19-8-10(7-13(19)20)23-14(16)21/h5-6,10H,1-4,7-8H2,(H2,16,21)/t10-/m1/s1. The van der Waals surface area contributed by atoms with Crippen LogP contribution in [-0.4, -0.2) is 55.9 Å². The number of anilines is 2. The molecule has 0 aromatic carbocycles. The third-order valence-corrected chi connectivity index (χ3v) is 3.97. The van der Waals surface area contributed by atoms with Gasteiger partial charge in [0.1, 0.15) is 17.7 Å². The fraction of sp³-hybridized carbons (Fsp3) is 0.500. The van der Waals surface area contributed by atoms with Crippen LogP contribution in [0.1, 0.15) is 6.42 Å². The molecule has 3 rings (SSSR count). The van der Waals surface area contributed by atoms with Crippen LogP contribution in [0.2, 0.25) is 5.02 Å². The Bertz CT molecular complexity index is 621. The first-order valence-electron chi connectivity index (χ1n) is 7.29. The average molecular weight is 341 g/mol. The lowest BCUT2D eigenvalue weighted by Gasteiger charge is -2.28. The van der Waals surface area contributed by atoms with Crippen molar-refractivity contribution in [3.8, 4) is 0 Å². The van der Waals surface area contributed by atoms with Gasteiger partial charge < -0.3 is 20.1 Å². The Morgan fingerprint density at radius 3 is 2.74 bits per heavy atom. The molecule has 1 aromatic rings. The van der Waals surface area contributed by atoms with Gasteiger partial charge in [-0.3, -0.25) is 9.69 Å². The number of hydrogen-bond donors (Lipinski definition) is 1. The first-order chi connectivity index (χ1) is 11.0. The third-order valence-electron chi connectivity index (χ3n) is 3.75. The van der Waals surface area contributed by atoms with Crippen LogP contribution < -0.4 is 15.5 Å². The molecular formula is C14H17ClN4O4. The van der Waals surface area contributed by atoms with E-state index in [9.17, 15) is 9.59 Å². The molecule has 1 atom stereocenters. The summed E-state index contributed by atoms with van der Waals surface area (Å²) in [6.45, 7) is 2.90. The summed E-state index contributed by atoms with van der Waals surface area (Å²) < 4.78 is 10.2. The van der Waals surface area contributed by atoms with E-state index in [-0.39, 0.29) is 18.9 Å². The molecule has 2 N–H and O–H groups in total. The summed E-state index contributed by atoms with van der Waals surface area (Å²) in [6, 6.07) is 3.38. The number of nitrogens with two attached hydrogens (primary N) is 1. The summed E-state index contributed by atoms with van der Waals surface area (Å²) in [7, 11) is 0. The highest BCUT2D eigenvalue weighted by Crippen LogP contribution is 2.28. The monoisotopic (exact) mass is 340 g/mol. The lowest BCUT2D eigenvalue weighted by atomic mass is 10.3. The Kier molecular flexibility index (Phi) is 4.53. The molecule has 9 heteroatoms.